The Morgan fingerprint density at radius 2 is 2.21 bits per heavy atom. The molecule has 0 unspecified atom stereocenters. The minimum Gasteiger partial charge on any atom is -0.383 e. The van der Waals surface area contributed by atoms with E-state index in [-0.39, 0.29) is 11.8 Å². The number of thioether (sulfide) groups is 1. The summed E-state index contributed by atoms with van der Waals surface area (Å²) in [5.74, 6) is 0.517. The van der Waals surface area contributed by atoms with Crippen LogP contribution in [0.4, 0.5) is 0 Å². The van der Waals surface area contributed by atoms with Crippen LogP contribution in [0.3, 0.4) is 0 Å². The molecule has 0 bridgehead atoms. The van der Waals surface area contributed by atoms with Gasteiger partial charge < -0.3 is 13.9 Å². The van der Waals surface area contributed by atoms with Crippen molar-refractivity contribution >= 4 is 17.5 Å². The number of ether oxygens (including phenoxy) is 1. The smallest absolute Gasteiger partial charge is 0.191 e. The molecule has 1 fully saturated rings. The largest absolute Gasteiger partial charge is 0.383 e. The van der Waals surface area contributed by atoms with Crippen molar-refractivity contribution in [2.24, 2.45) is 0 Å². The maximum absolute atomic E-state index is 12.7. The SMILES string of the molecule is COC[C@H](C)n1c(C)cc(C(=O)CSc2nncn2C2CC2)c1C. The van der Waals surface area contributed by atoms with E-state index in [0.29, 0.717) is 18.4 Å². The first kappa shape index (κ1) is 17.2. The number of Topliss-reactive ketones (excluding diaryl/α,β-unsaturated/α-hetero) is 1. The molecule has 0 amide bonds. The van der Waals surface area contributed by atoms with E-state index in [9.17, 15) is 4.79 Å². The van der Waals surface area contributed by atoms with Gasteiger partial charge in [-0.3, -0.25) is 4.79 Å². The van der Waals surface area contributed by atoms with Crippen LogP contribution in [0.15, 0.2) is 17.6 Å². The van der Waals surface area contributed by atoms with Gasteiger partial charge in [0, 0.05) is 30.1 Å². The molecule has 2 aromatic rings. The predicted octanol–water partition coefficient (Wildman–Crippen LogP) is 3.21. The summed E-state index contributed by atoms with van der Waals surface area (Å²) in [6.07, 6.45) is 4.12. The van der Waals surface area contributed by atoms with Gasteiger partial charge in [0.05, 0.1) is 18.4 Å². The number of hydrogen-bond acceptors (Lipinski definition) is 5. The molecule has 2 heterocycles. The Morgan fingerprint density at radius 1 is 1.46 bits per heavy atom. The van der Waals surface area contributed by atoms with Crippen LogP contribution in [0.2, 0.25) is 0 Å². The van der Waals surface area contributed by atoms with Crippen LogP contribution in [-0.4, -0.2) is 44.6 Å². The van der Waals surface area contributed by atoms with Crippen molar-refractivity contribution in [1.82, 2.24) is 19.3 Å². The van der Waals surface area contributed by atoms with Gasteiger partial charge in [-0.2, -0.15) is 0 Å². The van der Waals surface area contributed by atoms with Gasteiger partial charge in [0.15, 0.2) is 10.9 Å². The molecular formula is C17H24N4O2S. The average molecular weight is 348 g/mol. The van der Waals surface area contributed by atoms with Crippen LogP contribution < -0.4 is 0 Å². The molecule has 3 rings (SSSR count). The Balaban J connectivity index is 1.71. The lowest BCUT2D eigenvalue weighted by atomic mass is 10.2. The molecule has 0 aromatic carbocycles. The molecule has 0 aliphatic heterocycles. The van der Waals surface area contributed by atoms with Crippen molar-refractivity contribution in [2.75, 3.05) is 19.5 Å². The maximum Gasteiger partial charge on any atom is 0.191 e. The first-order valence-corrected chi connectivity index (χ1v) is 9.24. The van der Waals surface area contributed by atoms with E-state index in [2.05, 4.69) is 26.3 Å². The van der Waals surface area contributed by atoms with Crippen LogP contribution in [0, 0.1) is 13.8 Å². The fraction of sp³-hybridized carbons (Fsp3) is 0.588. The van der Waals surface area contributed by atoms with Crippen molar-refractivity contribution in [1.29, 1.82) is 0 Å². The van der Waals surface area contributed by atoms with Gasteiger partial charge in [-0.05, 0) is 39.7 Å². The summed E-state index contributed by atoms with van der Waals surface area (Å²) in [7, 11) is 1.70. The van der Waals surface area contributed by atoms with Crippen LogP contribution in [0.1, 0.15) is 53.6 Å². The molecule has 0 N–H and O–H groups in total. The summed E-state index contributed by atoms with van der Waals surface area (Å²) in [5.41, 5.74) is 2.89. The molecule has 1 aliphatic rings. The van der Waals surface area contributed by atoms with Crippen molar-refractivity contribution in [3.05, 3.63) is 29.3 Å². The number of aromatic nitrogens is 4. The number of carbonyl (C=O) groups is 1. The van der Waals surface area contributed by atoms with Crippen molar-refractivity contribution < 1.29 is 9.53 Å². The third kappa shape index (κ3) is 3.42. The Bertz CT molecular complexity index is 733. The first-order chi connectivity index (χ1) is 11.5. The number of ketones is 1. The van der Waals surface area contributed by atoms with E-state index in [4.69, 9.17) is 4.74 Å². The highest BCUT2D eigenvalue weighted by Crippen LogP contribution is 2.37. The highest BCUT2D eigenvalue weighted by molar-refractivity contribution is 7.99. The van der Waals surface area contributed by atoms with E-state index in [0.717, 1.165) is 22.1 Å². The van der Waals surface area contributed by atoms with Gasteiger partial charge >= 0.3 is 0 Å². The molecule has 1 saturated carbocycles. The molecule has 130 valence electrons. The standard InChI is InChI=1S/C17H24N4O2S/c1-11-7-15(13(3)21(11)12(2)8-23-4)16(22)9-24-17-19-18-10-20(17)14-5-6-14/h7,10,12,14H,5-6,8-9H2,1-4H3/t12-/m0/s1. The Kier molecular flexibility index (Phi) is 5.10. The second kappa shape index (κ2) is 7.11. The van der Waals surface area contributed by atoms with Gasteiger partial charge in [-0.25, -0.2) is 0 Å². The quantitative estimate of drug-likeness (QED) is 0.541. The molecule has 6 nitrogen and oxygen atoms in total. The van der Waals surface area contributed by atoms with Crippen molar-refractivity contribution in [3.8, 4) is 0 Å². The molecule has 7 heteroatoms. The molecule has 1 aliphatic carbocycles. The third-order valence-electron chi connectivity index (χ3n) is 4.45. The van der Waals surface area contributed by atoms with Crippen LogP contribution in [-0.2, 0) is 4.74 Å². The fourth-order valence-corrected chi connectivity index (χ4v) is 4.07. The zero-order valence-corrected chi connectivity index (χ0v) is 15.5. The maximum atomic E-state index is 12.7. The topological polar surface area (TPSA) is 61.9 Å². The fourth-order valence-electron chi connectivity index (χ4n) is 3.20. The molecule has 0 radical (unpaired) electrons. The van der Waals surface area contributed by atoms with Crippen molar-refractivity contribution in [3.63, 3.8) is 0 Å². The van der Waals surface area contributed by atoms with Gasteiger partial charge in [-0.15, -0.1) is 10.2 Å². The summed E-state index contributed by atoms with van der Waals surface area (Å²) >= 11 is 1.47. The monoisotopic (exact) mass is 348 g/mol. The second-order valence-corrected chi connectivity index (χ2v) is 7.37. The van der Waals surface area contributed by atoms with Gasteiger partial charge in [0.2, 0.25) is 0 Å². The number of rotatable bonds is 8. The van der Waals surface area contributed by atoms with Gasteiger partial charge in [-0.1, -0.05) is 11.8 Å². The van der Waals surface area contributed by atoms with Crippen LogP contribution in [0.25, 0.3) is 0 Å². The normalized spacial score (nSPS) is 15.7. The van der Waals surface area contributed by atoms with Gasteiger partial charge in [0.25, 0.3) is 0 Å². The summed E-state index contributed by atoms with van der Waals surface area (Å²) in [6, 6.07) is 2.72. The number of hydrogen-bond donors (Lipinski definition) is 0. The minimum absolute atomic E-state index is 0.134. The van der Waals surface area contributed by atoms with E-state index in [1.165, 1.54) is 24.6 Å². The highest BCUT2D eigenvalue weighted by atomic mass is 32.2. The lowest BCUT2D eigenvalue weighted by molar-refractivity contribution is 0.102. The summed E-state index contributed by atoms with van der Waals surface area (Å²) in [6.45, 7) is 6.77. The van der Waals surface area contributed by atoms with E-state index >= 15 is 0 Å². The Labute approximate surface area is 146 Å². The van der Waals surface area contributed by atoms with E-state index < -0.39 is 0 Å². The second-order valence-electron chi connectivity index (χ2n) is 6.42. The van der Waals surface area contributed by atoms with Crippen LogP contribution >= 0.6 is 11.8 Å². The summed E-state index contributed by atoms with van der Waals surface area (Å²) < 4.78 is 9.51. The number of nitrogens with zero attached hydrogens (tertiary/aromatic N) is 4. The first-order valence-electron chi connectivity index (χ1n) is 8.25. The van der Waals surface area contributed by atoms with E-state index in [1.807, 2.05) is 19.9 Å². The number of aryl methyl sites for hydroxylation is 1. The molecule has 1 atom stereocenters. The summed E-state index contributed by atoms with van der Waals surface area (Å²) in [5, 5.41) is 8.96. The molecule has 24 heavy (non-hydrogen) atoms. The molecule has 0 spiro atoms. The lowest BCUT2D eigenvalue weighted by Gasteiger charge is -2.17. The summed E-state index contributed by atoms with van der Waals surface area (Å²) in [4.78, 5) is 12.7. The van der Waals surface area contributed by atoms with Crippen molar-refractivity contribution in [2.45, 2.75) is 50.9 Å². The highest BCUT2D eigenvalue weighted by Gasteiger charge is 2.27. The minimum atomic E-state index is 0.134. The molecule has 0 saturated heterocycles. The van der Waals surface area contributed by atoms with Crippen LogP contribution in [0.5, 0.6) is 0 Å². The van der Waals surface area contributed by atoms with Gasteiger partial charge in [0.1, 0.15) is 6.33 Å². The Morgan fingerprint density at radius 3 is 2.88 bits per heavy atom. The lowest BCUT2D eigenvalue weighted by Crippen LogP contribution is -2.14. The van der Waals surface area contributed by atoms with E-state index in [1.54, 1.807) is 13.4 Å². The third-order valence-corrected chi connectivity index (χ3v) is 5.40. The average Bonchev–Trinajstić information content (AvgIpc) is 3.20. The predicted molar refractivity (Wildman–Crippen MR) is 93.8 cm³/mol. The molecular weight excluding hydrogens is 324 g/mol. The number of carbonyl (C=O) groups excluding carboxylic acids is 1. The Hall–Kier alpha value is -1.60. The zero-order chi connectivity index (χ0) is 17.3. The molecule has 2 aromatic heterocycles. The zero-order valence-electron chi connectivity index (χ0n) is 14.7. The number of methoxy groups -OCH3 is 1.